The Kier molecular flexibility index (Phi) is 8.36. The lowest BCUT2D eigenvalue weighted by atomic mass is 9.92. The molecule has 0 aliphatic carbocycles. The molecule has 2 amide bonds. The standard InChI is InChI=1S/C22H25ClF2N2O4/c1-5-13-27(31-16-11-12-17(18(23)14-16)19(28)26(2)3)21(29)22(30-4,20(24)25)15-9-7-6-8-10-15/h6-12,14,20H,5,13H2,1-4H3. The Balaban J connectivity index is 2.41. The number of carbonyl (C=O) groups is 2. The first-order valence-corrected chi connectivity index (χ1v) is 9.96. The van der Waals surface area contributed by atoms with Crippen molar-refractivity contribution in [2.45, 2.75) is 25.4 Å². The smallest absolute Gasteiger partial charge is 0.298 e. The Morgan fingerprint density at radius 3 is 2.26 bits per heavy atom. The summed E-state index contributed by atoms with van der Waals surface area (Å²) in [6, 6.07) is 11.8. The van der Waals surface area contributed by atoms with Gasteiger partial charge in [-0.3, -0.25) is 9.59 Å². The van der Waals surface area contributed by atoms with Gasteiger partial charge in [0.25, 0.3) is 18.2 Å². The number of methoxy groups -OCH3 is 1. The van der Waals surface area contributed by atoms with Gasteiger partial charge in [0.15, 0.2) is 5.75 Å². The Labute approximate surface area is 185 Å². The normalized spacial score (nSPS) is 12.9. The number of ether oxygens (including phenoxy) is 1. The predicted octanol–water partition coefficient (Wildman–Crippen LogP) is 4.38. The quantitative estimate of drug-likeness (QED) is 0.527. The van der Waals surface area contributed by atoms with E-state index < -0.39 is 17.9 Å². The van der Waals surface area contributed by atoms with E-state index in [9.17, 15) is 18.4 Å². The first-order chi connectivity index (χ1) is 14.7. The lowest BCUT2D eigenvalue weighted by molar-refractivity contribution is -0.202. The number of halogens is 3. The fourth-order valence-electron chi connectivity index (χ4n) is 2.99. The van der Waals surface area contributed by atoms with Crippen LogP contribution in [0.4, 0.5) is 8.78 Å². The van der Waals surface area contributed by atoms with E-state index >= 15 is 0 Å². The molecule has 168 valence electrons. The fraction of sp³-hybridized carbons (Fsp3) is 0.364. The van der Waals surface area contributed by atoms with Crippen molar-refractivity contribution in [3.05, 3.63) is 64.7 Å². The molecule has 0 aromatic heterocycles. The third-order valence-electron chi connectivity index (χ3n) is 4.60. The molecule has 0 fully saturated rings. The molecule has 6 nitrogen and oxygen atoms in total. The van der Waals surface area contributed by atoms with Crippen molar-refractivity contribution < 1.29 is 27.9 Å². The molecule has 0 saturated carbocycles. The minimum absolute atomic E-state index is 0.00663. The Bertz CT molecular complexity index is 912. The van der Waals surface area contributed by atoms with Crippen molar-refractivity contribution >= 4 is 23.4 Å². The molecule has 2 aromatic carbocycles. The molecule has 0 radical (unpaired) electrons. The van der Waals surface area contributed by atoms with Gasteiger partial charge in [-0.2, -0.15) is 5.06 Å². The highest BCUT2D eigenvalue weighted by Gasteiger charge is 2.52. The largest absolute Gasteiger partial charge is 0.377 e. The summed E-state index contributed by atoms with van der Waals surface area (Å²) in [6.07, 6.45) is -2.71. The molecule has 0 bridgehead atoms. The number of hydrogen-bond acceptors (Lipinski definition) is 4. The number of rotatable bonds is 9. The maximum Gasteiger partial charge on any atom is 0.298 e. The second-order valence-corrected chi connectivity index (χ2v) is 7.35. The molecule has 2 rings (SSSR count). The van der Waals surface area contributed by atoms with E-state index in [1.165, 1.54) is 35.2 Å². The molecule has 0 saturated heterocycles. The van der Waals surface area contributed by atoms with Crippen LogP contribution in [0.3, 0.4) is 0 Å². The van der Waals surface area contributed by atoms with E-state index in [-0.39, 0.29) is 34.4 Å². The summed E-state index contributed by atoms with van der Waals surface area (Å²) < 4.78 is 33.6. The summed E-state index contributed by atoms with van der Waals surface area (Å²) in [4.78, 5) is 32.4. The summed E-state index contributed by atoms with van der Waals surface area (Å²) in [5, 5.41) is 0.942. The van der Waals surface area contributed by atoms with Gasteiger partial charge in [0.05, 0.1) is 17.1 Å². The number of hydrogen-bond donors (Lipinski definition) is 0. The minimum Gasteiger partial charge on any atom is -0.377 e. The Morgan fingerprint density at radius 2 is 1.77 bits per heavy atom. The van der Waals surface area contributed by atoms with Gasteiger partial charge < -0.3 is 14.5 Å². The molecule has 9 heteroatoms. The van der Waals surface area contributed by atoms with Crippen LogP contribution >= 0.6 is 11.6 Å². The fourth-order valence-corrected chi connectivity index (χ4v) is 3.25. The molecule has 0 N–H and O–H groups in total. The van der Waals surface area contributed by atoms with E-state index in [4.69, 9.17) is 21.2 Å². The first kappa shape index (κ1) is 24.6. The average Bonchev–Trinajstić information content (AvgIpc) is 2.74. The summed E-state index contributed by atoms with van der Waals surface area (Å²) in [5.41, 5.74) is -2.29. The molecule has 31 heavy (non-hydrogen) atoms. The van der Waals surface area contributed by atoms with Gasteiger partial charge >= 0.3 is 0 Å². The second-order valence-electron chi connectivity index (χ2n) is 6.95. The highest BCUT2D eigenvalue weighted by molar-refractivity contribution is 6.34. The van der Waals surface area contributed by atoms with Crippen molar-refractivity contribution in [3.8, 4) is 5.75 Å². The first-order valence-electron chi connectivity index (χ1n) is 9.59. The van der Waals surface area contributed by atoms with Crippen LogP contribution < -0.4 is 4.84 Å². The average molecular weight is 455 g/mol. The van der Waals surface area contributed by atoms with Gasteiger partial charge in [-0.25, -0.2) is 8.78 Å². The number of amides is 2. The Hall–Kier alpha value is -2.71. The number of benzene rings is 2. The van der Waals surface area contributed by atoms with E-state index in [0.717, 1.165) is 12.2 Å². The van der Waals surface area contributed by atoms with Crippen molar-refractivity contribution in [2.24, 2.45) is 0 Å². The van der Waals surface area contributed by atoms with E-state index in [0.29, 0.717) is 6.42 Å². The number of hydroxylamine groups is 2. The van der Waals surface area contributed by atoms with Crippen LogP contribution in [0.1, 0.15) is 29.3 Å². The second kappa shape index (κ2) is 10.5. The molecule has 1 unspecified atom stereocenters. The summed E-state index contributed by atoms with van der Waals surface area (Å²) in [7, 11) is 4.23. The maximum atomic E-state index is 14.2. The SMILES string of the molecule is CCCN(Oc1ccc(C(=O)N(C)C)c(Cl)c1)C(=O)C(OC)(c1ccccc1)C(F)F. The van der Waals surface area contributed by atoms with Gasteiger partial charge in [0.1, 0.15) is 0 Å². The summed E-state index contributed by atoms with van der Waals surface area (Å²) in [5.74, 6) is -1.24. The van der Waals surface area contributed by atoms with Crippen LogP contribution in [-0.2, 0) is 15.1 Å². The highest BCUT2D eigenvalue weighted by Crippen LogP contribution is 2.35. The van der Waals surface area contributed by atoms with Gasteiger partial charge in [0, 0.05) is 27.3 Å². The van der Waals surface area contributed by atoms with Gasteiger partial charge in [-0.05, 0) is 24.1 Å². The third-order valence-corrected chi connectivity index (χ3v) is 4.91. The van der Waals surface area contributed by atoms with Crippen LogP contribution in [0.5, 0.6) is 5.75 Å². The lowest BCUT2D eigenvalue weighted by Gasteiger charge is -2.35. The summed E-state index contributed by atoms with van der Waals surface area (Å²) >= 11 is 6.20. The molecule has 0 aliphatic rings. The van der Waals surface area contributed by atoms with E-state index in [1.807, 2.05) is 0 Å². The molecule has 0 spiro atoms. The highest BCUT2D eigenvalue weighted by atomic mass is 35.5. The lowest BCUT2D eigenvalue weighted by Crippen LogP contribution is -2.53. The molecule has 1 atom stereocenters. The molecule has 0 heterocycles. The number of carbonyl (C=O) groups excluding carboxylic acids is 2. The zero-order valence-corrected chi connectivity index (χ0v) is 18.5. The van der Waals surface area contributed by atoms with Crippen molar-refractivity contribution in [2.75, 3.05) is 27.7 Å². The number of nitrogens with zero attached hydrogens (tertiary/aromatic N) is 2. The monoisotopic (exact) mass is 454 g/mol. The zero-order chi connectivity index (χ0) is 23.2. The van der Waals surface area contributed by atoms with Crippen molar-refractivity contribution in [3.63, 3.8) is 0 Å². The molecular weight excluding hydrogens is 430 g/mol. The molecular formula is C22H25ClF2N2O4. The van der Waals surface area contributed by atoms with Gasteiger partial charge in [-0.15, -0.1) is 0 Å². The zero-order valence-electron chi connectivity index (χ0n) is 17.8. The minimum atomic E-state index is -3.15. The van der Waals surface area contributed by atoms with Crippen LogP contribution in [0.15, 0.2) is 48.5 Å². The molecule has 0 aliphatic heterocycles. The van der Waals surface area contributed by atoms with Crippen LogP contribution in [0, 0.1) is 0 Å². The van der Waals surface area contributed by atoms with Crippen LogP contribution in [0.2, 0.25) is 5.02 Å². The topological polar surface area (TPSA) is 59.1 Å². The maximum absolute atomic E-state index is 14.2. The summed E-state index contributed by atoms with van der Waals surface area (Å²) in [6.45, 7) is 1.80. The van der Waals surface area contributed by atoms with Gasteiger partial charge in [0.2, 0.25) is 5.60 Å². The van der Waals surface area contributed by atoms with E-state index in [1.54, 1.807) is 39.2 Å². The van der Waals surface area contributed by atoms with Crippen LogP contribution in [-0.4, -0.2) is 56.0 Å². The number of alkyl halides is 2. The van der Waals surface area contributed by atoms with E-state index in [2.05, 4.69) is 0 Å². The third kappa shape index (κ3) is 5.14. The van der Waals surface area contributed by atoms with Crippen molar-refractivity contribution in [1.82, 2.24) is 9.96 Å². The predicted molar refractivity (Wildman–Crippen MR) is 113 cm³/mol. The Morgan fingerprint density at radius 1 is 1.13 bits per heavy atom. The van der Waals surface area contributed by atoms with Crippen LogP contribution in [0.25, 0.3) is 0 Å². The van der Waals surface area contributed by atoms with Crippen molar-refractivity contribution in [1.29, 1.82) is 0 Å². The van der Waals surface area contributed by atoms with Gasteiger partial charge in [-0.1, -0.05) is 48.9 Å². The molecule has 2 aromatic rings.